The molecule has 1 aromatic heterocycles. The van der Waals surface area contributed by atoms with Crippen LogP contribution in [0.25, 0.3) is 0 Å². The first-order valence-electron chi connectivity index (χ1n) is 16.5. The van der Waals surface area contributed by atoms with Gasteiger partial charge in [0.25, 0.3) is 6.02 Å². The molecule has 46 heavy (non-hydrogen) atoms. The lowest BCUT2D eigenvalue weighted by atomic mass is 9.94. The lowest BCUT2D eigenvalue weighted by molar-refractivity contribution is -0.145. The van der Waals surface area contributed by atoms with E-state index in [1.54, 1.807) is 16.2 Å². The number of hydrogen-bond donors (Lipinski definition) is 3. The van der Waals surface area contributed by atoms with Crippen LogP contribution < -0.4 is 15.4 Å². The number of ether oxygens (including phenoxy) is 1. The minimum absolute atomic E-state index is 0.0792. The lowest BCUT2D eigenvalue weighted by Gasteiger charge is -2.42. The minimum Gasteiger partial charge on any atom is -0.455 e. The Morgan fingerprint density at radius 1 is 1.07 bits per heavy atom. The molecule has 3 aliphatic rings. The molecule has 0 unspecified atom stereocenters. The summed E-state index contributed by atoms with van der Waals surface area (Å²) in [5, 5.41) is 8.70. The number of sulfonamides is 1. The van der Waals surface area contributed by atoms with Gasteiger partial charge < -0.3 is 25.2 Å². The fraction of sp³-hybridized carbons (Fsp3) is 0.606. The Labute approximate surface area is 277 Å². The normalized spacial score (nSPS) is 23.1. The molecule has 11 nitrogen and oxygen atoms in total. The Kier molecular flexibility index (Phi) is 12.1. The van der Waals surface area contributed by atoms with E-state index in [4.69, 9.17) is 9.73 Å². The molecule has 2 fully saturated rings. The number of nitrogens with zero attached hydrogens (tertiary/aromatic N) is 3. The van der Waals surface area contributed by atoms with Crippen LogP contribution in [0.5, 0.6) is 0 Å². The van der Waals surface area contributed by atoms with Gasteiger partial charge in [-0.3, -0.25) is 9.59 Å². The second kappa shape index (κ2) is 16.2. The number of hydrogen-bond acceptors (Lipinski definition) is 9. The summed E-state index contributed by atoms with van der Waals surface area (Å²) in [5.74, 6) is -0.283. The molecule has 4 atom stereocenters. The molecule has 2 amide bonds. The summed E-state index contributed by atoms with van der Waals surface area (Å²) < 4.78 is 32.0. The second-order valence-electron chi connectivity index (χ2n) is 12.6. The van der Waals surface area contributed by atoms with Gasteiger partial charge in [-0.05, 0) is 49.6 Å². The highest BCUT2D eigenvalue weighted by atomic mass is 32.2. The molecule has 0 bridgehead atoms. The summed E-state index contributed by atoms with van der Waals surface area (Å²) in [7, 11) is -3.26. The van der Waals surface area contributed by atoms with E-state index in [0.717, 1.165) is 42.4 Å². The van der Waals surface area contributed by atoms with Crippen LogP contribution in [-0.4, -0.2) is 92.7 Å². The summed E-state index contributed by atoms with van der Waals surface area (Å²) in [4.78, 5) is 37.8. The molecule has 1 aliphatic carbocycles. The quantitative estimate of drug-likeness (QED) is 0.278. The smallest absolute Gasteiger partial charge is 0.288 e. The fourth-order valence-electron chi connectivity index (χ4n) is 6.54. The van der Waals surface area contributed by atoms with E-state index in [0.29, 0.717) is 51.5 Å². The number of aliphatic imine (C=N–C) groups is 1. The first-order chi connectivity index (χ1) is 22.2. The van der Waals surface area contributed by atoms with E-state index in [2.05, 4.69) is 15.4 Å². The molecule has 0 radical (unpaired) electrons. The van der Waals surface area contributed by atoms with Crippen molar-refractivity contribution < 1.29 is 22.7 Å². The van der Waals surface area contributed by atoms with Gasteiger partial charge in [0.1, 0.15) is 12.1 Å². The highest BCUT2D eigenvalue weighted by Crippen LogP contribution is 2.31. The standard InChI is InChI=1S/C33H48N6O5S2/c1-24-30(25-12-5-3-6-13-25)44-33(36-24)38-19-20-39(29(23-38)31(40)34-22-27-16-11-21-45-27)32(41)28(37-26-14-7-4-8-15-26)17-9-10-18-35-46(2,42)43/h3,5-6,11-13,16,21,24,26,28-30,35,37H,4,7-10,14-15,17-20,22-23H2,1-2H3,(H,34,40)/t24-,28+,29-,30-/m0/s1. The van der Waals surface area contributed by atoms with E-state index in [9.17, 15) is 18.0 Å². The Hall–Kier alpha value is -3.00. The van der Waals surface area contributed by atoms with Crippen molar-refractivity contribution in [3.05, 3.63) is 58.3 Å². The minimum atomic E-state index is -3.26. The van der Waals surface area contributed by atoms with Crippen LogP contribution in [0.15, 0.2) is 52.8 Å². The first-order valence-corrected chi connectivity index (χ1v) is 19.3. The highest BCUT2D eigenvalue weighted by molar-refractivity contribution is 7.88. The van der Waals surface area contributed by atoms with Crippen molar-refractivity contribution in [1.29, 1.82) is 0 Å². The van der Waals surface area contributed by atoms with Crippen molar-refractivity contribution in [3.63, 3.8) is 0 Å². The molecule has 5 rings (SSSR count). The number of amides is 2. The van der Waals surface area contributed by atoms with Gasteiger partial charge in [-0.1, -0.05) is 62.1 Å². The Morgan fingerprint density at radius 2 is 1.85 bits per heavy atom. The number of nitrogens with one attached hydrogen (secondary N) is 3. The van der Waals surface area contributed by atoms with Gasteiger partial charge in [-0.25, -0.2) is 18.1 Å². The zero-order valence-electron chi connectivity index (χ0n) is 26.9. The maximum absolute atomic E-state index is 14.4. The van der Waals surface area contributed by atoms with Crippen LogP contribution in [0, 0.1) is 0 Å². The summed E-state index contributed by atoms with van der Waals surface area (Å²) in [6.45, 7) is 3.91. The number of thiophene rings is 1. The van der Waals surface area contributed by atoms with Gasteiger partial charge in [0.05, 0.1) is 31.4 Å². The molecule has 252 valence electrons. The van der Waals surface area contributed by atoms with Crippen LogP contribution in [0.4, 0.5) is 0 Å². The average molecular weight is 673 g/mol. The molecule has 1 aromatic carbocycles. The molecular formula is C33H48N6O5S2. The maximum atomic E-state index is 14.4. The van der Waals surface area contributed by atoms with Gasteiger partial charge in [-0.15, -0.1) is 11.3 Å². The van der Waals surface area contributed by atoms with Crippen molar-refractivity contribution in [2.24, 2.45) is 4.99 Å². The third kappa shape index (κ3) is 9.52. The van der Waals surface area contributed by atoms with Crippen LogP contribution in [0.1, 0.15) is 74.8 Å². The predicted octanol–water partition coefficient (Wildman–Crippen LogP) is 3.40. The molecule has 2 aromatic rings. The lowest BCUT2D eigenvalue weighted by Crippen LogP contribution is -2.64. The third-order valence-electron chi connectivity index (χ3n) is 8.99. The third-order valence-corrected chi connectivity index (χ3v) is 10.6. The highest BCUT2D eigenvalue weighted by Gasteiger charge is 2.41. The van der Waals surface area contributed by atoms with Crippen molar-refractivity contribution >= 4 is 39.2 Å². The van der Waals surface area contributed by atoms with Gasteiger partial charge in [-0.2, -0.15) is 0 Å². The van der Waals surface area contributed by atoms with E-state index in [1.165, 1.54) is 6.42 Å². The number of amidine groups is 1. The van der Waals surface area contributed by atoms with Crippen molar-refractivity contribution in [2.75, 3.05) is 32.4 Å². The molecule has 1 saturated carbocycles. The van der Waals surface area contributed by atoms with Gasteiger partial charge in [0.15, 0.2) is 0 Å². The Balaban J connectivity index is 1.30. The van der Waals surface area contributed by atoms with Crippen LogP contribution in [0.3, 0.4) is 0 Å². The van der Waals surface area contributed by atoms with Crippen LogP contribution in [0.2, 0.25) is 0 Å². The molecule has 13 heteroatoms. The van der Waals surface area contributed by atoms with Crippen LogP contribution >= 0.6 is 11.3 Å². The van der Waals surface area contributed by atoms with Crippen molar-refractivity contribution in [3.8, 4) is 0 Å². The topological polar surface area (TPSA) is 132 Å². The van der Waals surface area contributed by atoms with Crippen LogP contribution in [-0.2, 0) is 30.9 Å². The number of unbranched alkanes of at least 4 members (excludes halogenated alkanes) is 1. The molecule has 0 spiro atoms. The average Bonchev–Trinajstić information content (AvgIpc) is 3.72. The van der Waals surface area contributed by atoms with Gasteiger partial charge in [0, 0.05) is 30.6 Å². The van der Waals surface area contributed by atoms with E-state index < -0.39 is 22.1 Å². The zero-order chi connectivity index (χ0) is 32.5. The van der Waals surface area contributed by atoms with Crippen molar-refractivity contribution in [1.82, 2.24) is 25.2 Å². The summed E-state index contributed by atoms with van der Waals surface area (Å²) in [5.41, 5.74) is 1.05. The fourth-order valence-corrected chi connectivity index (χ4v) is 7.70. The second-order valence-corrected chi connectivity index (χ2v) is 15.5. The maximum Gasteiger partial charge on any atom is 0.288 e. The SMILES string of the molecule is C[C@@H]1N=C(N2CCN(C(=O)[C@@H](CCCCNS(C)(=O)=O)NC3CCCCC3)[C@H](C(=O)NCc3cccs3)C2)O[C@@H]1c1ccccc1. The monoisotopic (exact) mass is 672 g/mol. The van der Waals surface area contributed by atoms with E-state index >= 15 is 0 Å². The number of rotatable bonds is 13. The van der Waals surface area contributed by atoms with Gasteiger partial charge in [0.2, 0.25) is 21.8 Å². The van der Waals surface area contributed by atoms with E-state index in [1.807, 2.05) is 59.7 Å². The molecule has 3 N–H and O–H groups in total. The number of benzene rings is 1. The number of piperazine rings is 1. The summed E-state index contributed by atoms with van der Waals surface area (Å²) in [6.07, 6.45) is 8.33. The van der Waals surface area contributed by atoms with Gasteiger partial charge >= 0.3 is 0 Å². The molecule has 2 aliphatic heterocycles. The van der Waals surface area contributed by atoms with E-state index in [-0.39, 0.29) is 36.5 Å². The van der Waals surface area contributed by atoms with Crippen molar-refractivity contribution in [2.45, 2.75) is 95.1 Å². The molecule has 3 heterocycles. The Morgan fingerprint density at radius 3 is 2.57 bits per heavy atom. The number of carbonyl (C=O) groups is 2. The largest absolute Gasteiger partial charge is 0.455 e. The number of carbonyl (C=O) groups excluding carboxylic acids is 2. The zero-order valence-corrected chi connectivity index (χ0v) is 28.5. The molecular weight excluding hydrogens is 625 g/mol. The first kappa shape index (κ1) is 34.3. The molecule has 1 saturated heterocycles. The Bertz CT molecular complexity index is 1420. The predicted molar refractivity (Wildman–Crippen MR) is 181 cm³/mol. The summed E-state index contributed by atoms with van der Waals surface area (Å²) >= 11 is 1.58. The summed E-state index contributed by atoms with van der Waals surface area (Å²) in [6, 6.07) is 13.5.